The number of sulfonamides is 1. The molecule has 1 heterocycles. The van der Waals surface area contributed by atoms with Crippen LogP contribution >= 0.6 is 0 Å². The van der Waals surface area contributed by atoms with Crippen molar-refractivity contribution in [3.63, 3.8) is 0 Å². The number of carbonyl (C=O) groups is 1. The van der Waals surface area contributed by atoms with Crippen molar-refractivity contribution in [1.82, 2.24) is 4.31 Å². The summed E-state index contributed by atoms with van der Waals surface area (Å²) in [4.78, 5) is 10.7. The van der Waals surface area contributed by atoms with E-state index in [0.717, 1.165) is 18.9 Å². The van der Waals surface area contributed by atoms with Crippen LogP contribution in [0.25, 0.3) is 6.08 Å². The largest absolute Gasteiger partial charge is 0.478 e. The minimum atomic E-state index is -3.49. The average Bonchev–Trinajstić information content (AvgIpc) is 2.46. The molecule has 1 N–H and O–H groups in total. The number of piperidine rings is 1. The van der Waals surface area contributed by atoms with Crippen LogP contribution in [0.1, 0.15) is 25.3 Å². The number of carboxylic acids is 1. The summed E-state index contributed by atoms with van der Waals surface area (Å²) in [6, 6.07) is 6.36. The third-order valence-corrected chi connectivity index (χ3v) is 5.55. The van der Waals surface area contributed by atoms with Gasteiger partial charge in [-0.3, -0.25) is 0 Å². The van der Waals surface area contributed by atoms with E-state index >= 15 is 0 Å². The van der Waals surface area contributed by atoms with Crippen molar-refractivity contribution in [1.29, 1.82) is 0 Å². The summed E-state index contributed by atoms with van der Waals surface area (Å²) in [5.74, 6) is -0.505. The van der Waals surface area contributed by atoms with Gasteiger partial charge in [0.25, 0.3) is 0 Å². The van der Waals surface area contributed by atoms with Crippen molar-refractivity contribution in [2.24, 2.45) is 5.92 Å². The first-order chi connectivity index (χ1) is 9.89. The Labute approximate surface area is 124 Å². The van der Waals surface area contributed by atoms with Gasteiger partial charge in [0, 0.05) is 19.2 Å². The summed E-state index contributed by atoms with van der Waals surface area (Å²) in [5, 5.41) is 8.62. The monoisotopic (exact) mass is 309 g/mol. The van der Waals surface area contributed by atoms with Gasteiger partial charge >= 0.3 is 5.97 Å². The topological polar surface area (TPSA) is 74.7 Å². The lowest BCUT2D eigenvalue weighted by Gasteiger charge is -2.29. The van der Waals surface area contributed by atoms with Crippen LogP contribution in [-0.4, -0.2) is 36.9 Å². The van der Waals surface area contributed by atoms with Crippen molar-refractivity contribution < 1.29 is 18.3 Å². The Balaban J connectivity index is 2.24. The predicted octanol–water partition coefficient (Wildman–Crippen LogP) is 2.21. The molecule has 1 fully saturated rings. The molecule has 0 aliphatic carbocycles. The lowest BCUT2D eigenvalue weighted by molar-refractivity contribution is -0.131. The van der Waals surface area contributed by atoms with Crippen LogP contribution in [0.15, 0.2) is 35.2 Å². The highest BCUT2D eigenvalue weighted by Gasteiger charge is 2.27. The quantitative estimate of drug-likeness (QED) is 0.865. The first-order valence-corrected chi connectivity index (χ1v) is 8.35. The molecule has 1 aliphatic rings. The number of nitrogens with zero attached hydrogens (tertiary/aromatic N) is 1. The molecule has 1 saturated heterocycles. The Bertz CT molecular complexity index is 643. The Morgan fingerprint density at radius 2 is 2.00 bits per heavy atom. The fourth-order valence-electron chi connectivity index (χ4n) is 2.32. The maximum Gasteiger partial charge on any atom is 0.328 e. The van der Waals surface area contributed by atoms with Gasteiger partial charge < -0.3 is 5.11 Å². The van der Waals surface area contributed by atoms with Crippen LogP contribution < -0.4 is 0 Å². The van der Waals surface area contributed by atoms with Gasteiger partial charge in [-0.25, -0.2) is 13.2 Å². The average molecular weight is 309 g/mol. The summed E-state index contributed by atoms with van der Waals surface area (Å²) >= 11 is 0. The van der Waals surface area contributed by atoms with Gasteiger partial charge in [0.05, 0.1) is 4.90 Å². The Morgan fingerprint density at radius 1 is 1.33 bits per heavy atom. The van der Waals surface area contributed by atoms with Gasteiger partial charge in [-0.05, 0) is 42.5 Å². The Hall–Kier alpha value is -1.66. The molecule has 1 aromatic rings. The Kier molecular flexibility index (Phi) is 4.80. The SMILES string of the molecule is CC1CCN(S(=O)(=O)c2cccc(C=CC(=O)O)c2)CC1. The zero-order valence-electron chi connectivity index (χ0n) is 11.9. The van der Waals surface area contributed by atoms with Crippen LogP contribution in [0.3, 0.4) is 0 Å². The fraction of sp³-hybridized carbons (Fsp3) is 0.400. The second kappa shape index (κ2) is 6.41. The van der Waals surface area contributed by atoms with Crippen molar-refractivity contribution >= 4 is 22.1 Å². The van der Waals surface area contributed by atoms with E-state index in [0.29, 0.717) is 24.6 Å². The van der Waals surface area contributed by atoms with Gasteiger partial charge in [0.15, 0.2) is 0 Å². The molecule has 0 radical (unpaired) electrons. The highest BCUT2D eigenvalue weighted by atomic mass is 32.2. The molecule has 0 bridgehead atoms. The second-order valence-corrected chi connectivity index (χ2v) is 7.27. The van der Waals surface area contributed by atoms with E-state index in [2.05, 4.69) is 6.92 Å². The predicted molar refractivity (Wildman–Crippen MR) is 80.3 cm³/mol. The van der Waals surface area contributed by atoms with E-state index in [1.54, 1.807) is 18.2 Å². The van der Waals surface area contributed by atoms with Crippen LogP contribution in [-0.2, 0) is 14.8 Å². The normalized spacial score (nSPS) is 18.1. The molecule has 2 rings (SSSR count). The molecule has 0 aromatic heterocycles. The molecule has 114 valence electrons. The van der Waals surface area contributed by atoms with Gasteiger partial charge in [0.2, 0.25) is 10.0 Å². The zero-order valence-corrected chi connectivity index (χ0v) is 12.7. The lowest BCUT2D eigenvalue weighted by Crippen LogP contribution is -2.37. The zero-order chi connectivity index (χ0) is 15.5. The van der Waals surface area contributed by atoms with Crippen molar-refractivity contribution in [3.8, 4) is 0 Å². The lowest BCUT2D eigenvalue weighted by atomic mass is 10.0. The van der Waals surface area contributed by atoms with Crippen molar-refractivity contribution in [3.05, 3.63) is 35.9 Å². The first-order valence-electron chi connectivity index (χ1n) is 6.91. The smallest absolute Gasteiger partial charge is 0.328 e. The van der Waals surface area contributed by atoms with Crippen LogP contribution in [0.5, 0.6) is 0 Å². The van der Waals surface area contributed by atoms with Gasteiger partial charge in [-0.2, -0.15) is 4.31 Å². The van der Waals surface area contributed by atoms with E-state index in [-0.39, 0.29) is 4.90 Å². The number of carboxylic acid groups (broad SMARTS) is 1. The number of benzene rings is 1. The molecule has 0 unspecified atom stereocenters. The number of hydrogen-bond donors (Lipinski definition) is 1. The van der Waals surface area contributed by atoms with Crippen LogP contribution in [0.2, 0.25) is 0 Å². The summed E-state index contributed by atoms with van der Waals surface area (Å²) in [6.07, 6.45) is 4.13. The maximum absolute atomic E-state index is 12.6. The third-order valence-electron chi connectivity index (χ3n) is 3.66. The number of aliphatic carboxylic acids is 1. The number of rotatable bonds is 4. The maximum atomic E-state index is 12.6. The molecular formula is C15H19NO4S. The molecule has 21 heavy (non-hydrogen) atoms. The van der Waals surface area contributed by atoms with Crippen molar-refractivity contribution in [2.75, 3.05) is 13.1 Å². The van der Waals surface area contributed by atoms with Gasteiger partial charge in [-0.1, -0.05) is 19.1 Å². The van der Waals surface area contributed by atoms with E-state index in [1.165, 1.54) is 16.4 Å². The molecule has 0 spiro atoms. The second-order valence-electron chi connectivity index (χ2n) is 5.33. The molecule has 0 amide bonds. The highest BCUT2D eigenvalue weighted by molar-refractivity contribution is 7.89. The molecule has 1 aromatic carbocycles. The van der Waals surface area contributed by atoms with E-state index < -0.39 is 16.0 Å². The highest BCUT2D eigenvalue weighted by Crippen LogP contribution is 2.24. The third kappa shape index (κ3) is 3.92. The van der Waals surface area contributed by atoms with Gasteiger partial charge in [0.1, 0.15) is 0 Å². The van der Waals surface area contributed by atoms with Crippen LogP contribution in [0.4, 0.5) is 0 Å². The number of hydrogen-bond acceptors (Lipinski definition) is 3. The summed E-state index contributed by atoms with van der Waals surface area (Å²) in [7, 11) is -3.49. The van der Waals surface area contributed by atoms with E-state index in [1.807, 2.05) is 0 Å². The standard InChI is InChI=1S/C15H19NO4S/c1-12-7-9-16(10-8-12)21(19,20)14-4-2-3-13(11-14)5-6-15(17)18/h2-6,11-12H,7-10H2,1H3,(H,17,18). The molecule has 6 heteroatoms. The molecule has 5 nitrogen and oxygen atoms in total. The summed E-state index contributed by atoms with van der Waals surface area (Å²) in [6.45, 7) is 3.21. The first kappa shape index (κ1) is 15.7. The molecule has 1 aliphatic heterocycles. The minimum absolute atomic E-state index is 0.213. The van der Waals surface area contributed by atoms with Crippen molar-refractivity contribution in [2.45, 2.75) is 24.7 Å². The molecular weight excluding hydrogens is 290 g/mol. The van der Waals surface area contributed by atoms with Gasteiger partial charge in [-0.15, -0.1) is 0 Å². The van der Waals surface area contributed by atoms with Crippen LogP contribution in [0, 0.1) is 5.92 Å². The minimum Gasteiger partial charge on any atom is -0.478 e. The fourth-order valence-corrected chi connectivity index (χ4v) is 3.85. The van der Waals surface area contributed by atoms with E-state index in [9.17, 15) is 13.2 Å². The molecule has 0 atom stereocenters. The summed E-state index contributed by atoms with van der Waals surface area (Å²) < 4.78 is 26.6. The Morgan fingerprint density at radius 3 is 2.62 bits per heavy atom. The summed E-state index contributed by atoms with van der Waals surface area (Å²) in [5.41, 5.74) is 0.559. The van der Waals surface area contributed by atoms with E-state index in [4.69, 9.17) is 5.11 Å². The molecule has 0 saturated carbocycles.